The zero-order valence-electron chi connectivity index (χ0n) is 9.57. The van der Waals surface area contributed by atoms with Gasteiger partial charge in [-0.3, -0.25) is 9.69 Å². The van der Waals surface area contributed by atoms with Gasteiger partial charge in [0, 0.05) is 0 Å². The molecule has 0 unspecified atom stereocenters. The normalized spacial score (nSPS) is 18.1. The van der Waals surface area contributed by atoms with Gasteiger partial charge in [-0.2, -0.15) is 13.2 Å². The number of anilines is 1. The summed E-state index contributed by atoms with van der Waals surface area (Å²) in [6.45, 7) is 0. The number of nitrogens with zero attached hydrogens (tertiary/aromatic N) is 1. The molecule has 0 aliphatic carbocycles. The van der Waals surface area contributed by atoms with Gasteiger partial charge in [-0.05, 0) is 30.4 Å². The molecule has 0 spiro atoms. The number of para-hydroxylation sites is 1. The van der Waals surface area contributed by atoms with Crippen molar-refractivity contribution in [2.45, 2.75) is 12.6 Å². The topological polar surface area (TPSA) is 32.3 Å². The highest BCUT2D eigenvalue weighted by molar-refractivity contribution is 7.80. The Labute approximate surface area is 112 Å². The van der Waals surface area contributed by atoms with Gasteiger partial charge < -0.3 is 5.32 Å². The fourth-order valence-electron chi connectivity index (χ4n) is 1.60. The number of allylic oxidation sites excluding steroid dienone is 1. The number of hydrogen-bond acceptors (Lipinski definition) is 2. The second-order valence-electron chi connectivity index (χ2n) is 3.84. The third-order valence-electron chi connectivity index (χ3n) is 2.43. The molecular formula is C12H9F3N2OS. The van der Waals surface area contributed by atoms with Crippen LogP contribution in [0.5, 0.6) is 0 Å². The van der Waals surface area contributed by atoms with E-state index < -0.39 is 18.5 Å². The SMILES string of the molecule is O=C1/C(=C\CC(F)(F)F)NC(=S)N1c1ccccc1. The van der Waals surface area contributed by atoms with Crippen molar-refractivity contribution < 1.29 is 18.0 Å². The Morgan fingerprint density at radius 1 is 1.26 bits per heavy atom. The first kappa shape index (κ1) is 13.5. The third kappa shape index (κ3) is 3.11. The van der Waals surface area contributed by atoms with Crippen LogP contribution in [-0.4, -0.2) is 17.2 Å². The first-order chi connectivity index (χ1) is 8.88. The fourth-order valence-corrected chi connectivity index (χ4v) is 1.90. The van der Waals surface area contributed by atoms with E-state index in [-0.39, 0.29) is 10.8 Å². The van der Waals surface area contributed by atoms with Gasteiger partial charge in [0.15, 0.2) is 5.11 Å². The zero-order chi connectivity index (χ0) is 14.0. The smallest absolute Gasteiger partial charge is 0.328 e. The molecule has 1 aromatic carbocycles. The number of benzene rings is 1. The highest BCUT2D eigenvalue weighted by Crippen LogP contribution is 2.24. The van der Waals surface area contributed by atoms with Crippen LogP contribution in [0.3, 0.4) is 0 Å². The molecule has 100 valence electrons. The number of rotatable bonds is 2. The van der Waals surface area contributed by atoms with E-state index in [1.165, 1.54) is 0 Å². The molecule has 1 aromatic rings. The molecule has 0 atom stereocenters. The maximum absolute atomic E-state index is 12.1. The Bertz CT molecular complexity index is 540. The van der Waals surface area contributed by atoms with Crippen molar-refractivity contribution in [3.05, 3.63) is 42.1 Å². The third-order valence-corrected chi connectivity index (χ3v) is 2.71. The molecule has 1 N–H and O–H groups in total. The standard InChI is InChI=1S/C12H9F3N2OS/c13-12(14,15)7-6-9-10(18)17(11(19)16-9)8-4-2-1-3-5-8/h1-6H,7H2,(H,16,19)/b9-6+. The largest absolute Gasteiger partial charge is 0.392 e. The van der Waals surface area contributed by atoms with Crippen LogP contribution in [0.25, 0.3) is 0 Å². The van der Waals surface area contributed by atoms with Gasteiger partial charge in [0.1, 0.15) is 5.70 Å². The molecule has 2 rings (SSSR count). The van der Waals surface area contributed by atoms with Crippen LogP contribution >= 0.6 is 12.2 Å². The van der Waals surface area contributed by atoms with E-state index in [9.17, 15) is 18.0 Å². The van der Waals surface area contributed by atoms with Crippen LogP contribution in [-0.2, 0) is 4.79 Å². The molecule has 1 heterocycles. The van der Waals surface area contributed by atoms with Gasteiger partial charge in [0.2, 0.25) is 0 Å². The molecular weight excluding hydrogens is 277 g/mol. The highest BCUT2D eigenvalue weighted by atomic mass is 32.1. The Hall–Kier alpha value is -1.89. The molecule has 0 radical (unpaired) electrons. The van der Waals surface area contributed by atoms with Crippen molar-refractivity contribution >= 4 is 28.9 Å². The van der Waals surface area contributed by atoms with Crippen LogP contribution in [0, 0.1) is 0 Å². The van der Waals surface area contributed by atoms with Crippen LogP contribution in [0.4, 0.5) is 18.9 Å². The number of alkyl halides is 3. The summed E-state index contributed by atoms with van der Waals surface area (Å²) in [6.07, 6.45) is -4.72. The first-order valence-electron chi connectivity index (χ1n) is 5.36. The molecule has 0 aromatic heterocycles. The van der Waals surface area contributed by atoms with Crippen molar-refractivity contribution in [2.24, 2.45) is 0 Å². The highest BCUT2D eigenvalue weighted by Gasteiger charge is 2.33. The van der Waals surface area contributed by atoms with Gasteiger partial charge in [0.05, 0.1) is 12.1 Å². The van der Waals surface area contributed by atoms with E-state index in [0.29, 0.717) is 5.69 Å². The average molecular weight is 286 g/mol. The second kappa shape index (κ2) is 5.00. The Kier molecular flexibility index (Phi) is 3.57. The quantitative estimate of drug-likeness (QED) is 0.670. The number of amides is 1. The van der Waals surface area contributed by atoms with E-state index in [0.717, 1.165) is 11.0 Å². The number of halogens is 3. The Morgan fingerprint density at radius 3 is 2.47 bits per heavy atom. The van der Waals surface area contributed by atoms with Crippen LogP contribution in [0.2, 0.25) is 0 Å². The summed E-state index contributed by atoms with van der Waals surface area (Å²) in [4.78, 5) is 13.1. The molecule has 7 heteroatoms. The monoisotopic (exact) mass is 286 g/mol. The minimum Gasteiger partial charge on any atom is -0.328 e. The molecule has 0 bridgehead atoms. The molecule has 1 aliphatic heterocycles. The Morgan fingerprint density at radius 2 is 1.89 bits per heavy atom. The van der Waals surface area contributed by atoms with E-state index in [1.807, 2.05) is 0 Å². The van der Waals surface area contributed by atoms with E-state index in [2.05, 4.69) is 5.32 Å². The van der Waals surface area contributed by atoms with Gasteiger partial charge >= 0.3 is 6.18 Å². The lowest BCUT2D eigenvalue weighted by Gasteiger charge is -2.13. The number of carbonyl (C=O) groups is 1. The van der Waals surface area contributed by atoms with Crippen LogP contribution in [0.1, 0.15) is 6.42 Å². The van der Waals surface area contributed by atoms with Crippen molar-refractivity contribution in [1.82, 2.24) is 5.32 Å². The second-order valence-corrected chi connectivity index (χ2v) is 4.23. The van der Waals surface area contributed by atoms with E-state index in [1.54, 1.807) is 30.3 Å². The molecule has 0 saturated carbocycles. The van der Waals surface area contributed by atoms with Crippen molar-refractivity contribution in [3.8, 4) is 0 Å². The van der Waals surface area contributed by atoms with Crippen molar-refractivity contribution in [2.75, 3.05) is 4.90 Å². The van der Waals surface area contributed by atoms with Crippen LogP contribution in [0.15, 0.2) is 42.1 Å². The maximum Gasteiger partial charge on any atom is 0.392 e. The summed E-state index contributed by atoms with van der Waals surface area (Å²) in [6, 6.07) is 8.49. The average Bonchev–Trinajstić information content (AvgIpc) is 2.62. The predicted octanol–water partition coefficient (Wildman–Crippen LogP) is 2.74. The van der Waals surface area contributed by atoms with Crippen molar-refractivity contribution in [3.63, 3.8) is 0 Å². The van der Waals surface area contributed by atoms with Crippen LogP contribution < -0.4 is 10.2 Å². The summed E-state index contributed by atoms with van der Waals surface area (Å²) >= 11 is 4.96. The lowest BCUT2D eigenvalue weighted by molar-refractivity contribution is -0.125. The summed E-state index contributed by atoms with van der Waals surface area (Å²) in [7, 11) is 0. The molecule has 19 heavy (non-hydrogen) atoms. The van der Waals surface area contributed by atoms with Crippen molar-refractivity contribution in [1.29, 1.82) is 0 Å². The Balaban J connectivity index is 2.22. The predicted molar refractivity (Wildman–Crippen MR) is 68.4 cm³/mol. The summed E-state index contributed by atoms with van der Waals surface area (Å²) in [5, 5.41) is 2.57. The van der Waals surface area contributed by atoms with Gasteiger partial charge in [-0.25, -0.2) is 0 Å². The minimum absolute atomic E-state index is 0.0737. The van der Waals surface area contributed by atoms with E-state index in [4.69, 9.17) is 12.2 Å². The summed E-state index contributed by atoms with van der Waals surface area (Å²) < 4.78 is 36.4. The first-order valence-corrected chi connectivity index (χ1v) is 5.77. The van der Waals surface area contributed by atoms with Gasteiger partial charge in [-0.1, -0.05) is 18.2 Å². The summed E-state index contributed by atoms with van der Waals surface area (Å²) in [5.74, 6) is -0.583. The molecule has 1 aliphatic rings. The maximum atomic E-state index is 12.1. The van der Waals surface area contributed by atoms with Gasteiger partial charge in [-0.15, -0.1) is 0 Å². The molecule has 1 fully saturated rings. The molecule has 1 amide bonds. The fraction of sp³-hybridized carbons (Fsp3) is 0.167. The lowest BCUT2D eigenvalue weighted by atomic mass is 10.2. The minimum atomic E-state index is -4.35. The lowest BCUT2D eigenvalue weighted by Crippen LogP contribution is -2.30. The zero-order valence-corrected chi connectivity index (χ0v) is 10.4. The number of carbonyl (C=O) groups excluding carboxylic acids is 1. The van der Waals surface area contributed by atoms with Gasteiger partial charge in [0.25, 0.3) is 5.91 Å². The summed E-state index contributed by atoms with van der Waals surface area (Å²) in [5.41, 5.74) is 0.367. The molecule has 3 nitrogen and oxygen atoms in total. The number of hydrogen-bond donors (Lipinski definition) is 1. The molecule has 1 saturated heterocycles. The number of thiocarbonyl (C=S) groups is 1. The van der Waals surface area contributed by atoms with E-state index >= 15 is 0 Å². The number of nitrogens with one attached hydrogen (secondary N) is 1.